The second-order valence-corrected chi connectivity index (χ2v) is 10.4. The quantitative estimate of drug-likeness (QED) is 0.190. The Balaban J connectivity index is 1.25. The second kappa shape index (κ2) is 11.9. The number of hydrogen-bond acceptors (Lipinski definition) is 7. The van der Waals surface area contributed by atoms with Crippen LogP contribution in [0.3, 0.4) is 0 Å². The Morgan fingerprint density at radius 3 is 2.49 bits per heavy atom. The molecule has 0 radical (unpaired) electrons. The summed E-state index contributed by atoms with van der Waals surface area (Å²) in [5.41, 5.74) is 4.98. The van der Waals surface area contributed by atoms with Gasteiger partial charge in [0.1, 0.15) is 0 Å². The molecule has 2 N–H and O–H groups in total. The van der Waals surface area contributed by atoms with Crippen molar-refractivity contribution in [3.05, 3.63) is 126 Å². The molecular weight excluding hydrogens is 532 g/mol. The molecule has 0 saturated carbocycles. The van der Waals surface area contributed by atoms with Crippen LogP contribution in [0.4, 0.5) is 11.6 Å². The van der Waals surface area contributed by atoms with Gasteiger partial charge in [-0.3, -0.25) is 24.9 Å². The Labute approximate surface area is 240 Å². The van der Waals surface area contributed by atoms with Gasteiger partial charge >= 0.3 is 0 Å². The minimum absolute atomic E-state index is 0.00150. The molecule has 6 rings (SSSR count). The lowest BCUT2D eigenvalue weighted by Crippen LogP contribution is -2.15. The molecule has 0 aliphatic rings. The van der Waals surface area contributed by atoms with Crippen LogP contribution >= 0.6 is 11.3 Å². The van der Waals surface area contributed by atoms with Crippen LogP contribution in [0.5, 0.6) is 0 Å². The molecular formula is C32H26N6O2S. The molecule has 0 bridgehead atoms. The van der Waals surface area contributed by atoms with E-state index in [2.05, 4.69) is 20.6 Å². The number of anilines is 2. The van der Waals surface area contributed by atoms with Crippen molar-refractivity contribution in [3.63, 3.8) is 0 Å². The first-order chi connectivity index (χ1) is 20.1. The normalized spacial score (nSPS) is 10.9. The minimum atomic E-state index is -0.225. The number of aromatic nitrogens is 4. The first-order valence-corrected chi connectivity index (χ1v) is 14.0. The number of rotatable bonds is 10. The van der Waals surface area contributed by atoms with E-state index in [1.807, 2.05) is 83.4 Å². The number of hydrogen-bond donors (Lipinski definition) is 2. The topological polar surface area (TPSA) is 102 Å². The fourth-order valence-electron chi connectivity index (χ4n) is 4.54. The number of fused-ring (bicyclic) bond motifs is 1. The smallest absolute Gasteiger partial charge is 0.268 e. The number of aryl methyl sites for hydroxylation is 2. The zero-order valence-corrected chi connectivity index (χ0v) is 22.8. The molecule has 8 nitrogen and oxygen atoms in total. The first-order valence-electron chi connectivity index (χ1n) is 13.2. The number of benzene rings is 2. The zero-order valence-electron chi connectivity index (χ0n) is 22.0. The number of nitrogens with one attached hydrogen (secondary N) is 2. The summed E-state index contributed by atoms with van der Waals surface area (Å²) in [5, 5.41) is 6.23. The van der Waals surface area contributed by atoms with E-state index in [0.717, 1.165) is 27.3 Å². The van der Waals surface area contributed by atoms with Crippen LogP contribution in [0, 0.1) is 0 Å². The molecule has 0 aliphatic heterocycles. The number of nitrogens with zero attached hydrogens (tertiary/aromatic N) is 4. The van der Waals surface area contributed by atoms with Crippen molar-refractivity contribution in [2.45, 2.75) is 13.0 Å². The molecule has 0 spiro atoms. The van der Waals surface area contributed by atoms with E-state index < -0.39 is 0 Å². The van der Waals surface area contributed by atoms with Gasteiger partial charge in [-0.25, -0.2) is 4.98 Å². The van der Waals surface area contributed by atoms with Crippen molar-refractivity contribution in [2.75, 3.05) is 17.2 Å². The summed E-state index contributed by atoms with van der Waals surface area (Å²) < 4.78 is 2.00. The van der Waals surface area contributed by atoms with Crippen LogP contribution in [0.15, 0.2) is 110 Å². The van der Waals surface area contributed by atoms with Crippen LogP contribution in [0.2, 0.25) is 0 Å². The molecule has 0 saturated heterocycles. The highest BCUT2D eigenvalue weighted by Crippen LogP contribution is 2.29. The first kappa shape index (κ1) is 26.1. The summed E-state index contributed by atoms with van der Waals surface area (Å²) in [5.74, 6) is 0.232. The van der Waals surface area contributed by atoms with E-state index in [9.17, 15) is 9.59 Å². The van der Waals surface area contributed by atoms with Crippen LogP contribution in [-0.2, 0) is 13.0 Å². The molecule has 9 heteroatoms. The van der Waals surface area contributed by atoms with Crippen LogP contribution in [0.25, 0.3) is 21.5 Å². The molecule has 4 aromatic heterocycles. The maximum atomic E-state index is 13.3. The third-order valence-electron chi connectivity index (χ3n) is 6.63. The van der Waals surface area contributed by atoms with E-state index in [-0.39, 0.29) is 18.2 Å². The Morgan fingerprint density at radius 2 is 1.68 bits per heavy atom. The summed E-state index contributed by atoms with van der Waals surface area (Å²) in [6, 6.07) is 28.4. The zero-order chi connectivity index (χ0) is 28.0. The van der Waals surface area contributed by atoms with Gasteiger partial charge in [-0.2, -0.15) is 0 Å². The predicted octanol–water partition coefficient (Wildman–Crippen LogP) is 6.34. The van der Waals surface area contributed by atoms with Gasteiger partial charge in [0.25, 0.3) is 5.91 Å². The molecule has 202 valence electrons. The maximum absolute atomic E-state index is 13.3. The average molecular weight is 559 g/mol. The van der Waals surface area contributed by atoms with E-state index in [1.165, 1.54) is 11.3 Å². The number of carbonyl (C=O) groups excluding carboxylic acids is 2. The predicted molar refractivity (Wildman–Crippen MR) is 162 cm³/mol. The van der Waals surface area contributed by atoms with Gasteiger partial charge in [-0.1, -0.05) is 36.4 Å². The Morgan fingerprint density at radius 1 is 0.854 bits per heavy atom. The van der Waals surface area contributed by atoms with Crippen molar-refractivity contribution < 1.29 is 9.59 Å². The van der Waals surface area contributed by atoms with Gasteiger partial charge in [0, 0.05) is 53.4 Å². The van der Waals surface area contributed by atoms with Crippen molar-refractivity contribution in [2.24, 2.45) is 0 Å². The molecule has 1 amide bonds. The minimum Gasteiger partial charge on any atom is -0.378 e. The number of ketones is 1. The Hall–Kier alpha value is -5.15. The third-order valence-corrected chi connectivity index (χ3v) is 7.77. The van der Waals surface area contributed by atoms with Crippen molar-refractivity contribution >= 4 is 45.7 Å². The van der Waals surface area contributed by atoms with Crippen LogP contribution < -0.4 is 10.6 Å². The number of Topliss-reactive ketones (excluding diaryl/α,β-unsaturated/α-hetero) is 1. The fraction of sp³-hybridized carbons (Fsp3) is 0.0938. The van der Waals surface area contributed by atoms with Crippen molar-refractivity contribution in [1.82, 2.24) is 19.5 Å². The number of imidazole rings is 1. The summed E-state index contributed by atoms with van der Waals surface area (Å²) in [4.78, 5) is 40.7. The van der Waals surface area contributed by atoms with Crippen molar-refractivity contribution in [3.8, 4) is 10.4 Å². The molecule has 0 aliphatic carbocycles. The molecule has 0 atom stereocenters. The summed E-state index contributed by atoms with van der Waals surface area (Å²) >= 11 is 1.42. The number of thiophene rings is 1. The van der Waals surface area contributed by atoms with Gasteiger partial charge in [0.15, 0.2) is 5.78 Å². The van der Waals surface area contributed by atoms with Gasteiger partial charge < -0.3 is 9.88 Å². The van der Waals surface area contributed by atoms with E-state index in [4.69, 9.17) is 4.98 Å². The van der Waals surface area contributed by atoms with Gasteiger partial charge in [0.2, 0.25) is 5.95 Å². The largest absolute Gasteiger partial charge is 0.378 e. The molecule has 0 unspecified atom stereocenters. The maximum Gasteiger partial charge on any atom is 0.268 e. The van der Waals surface area contributed by atoms with E-state index in [1.54, 1.807) is 30.7 Å². The van der Waals surface area contributed by atoms with E-state index >= 15 is 0 Å². The lowest BCUT2D eigenvalue weighted by molar-refractivity contribution is 0.100. The average Bonchev–Trinajstić information content (AvgIpc) is 3.65. The monoisotopic (exact) mass is 558 g/mol. The van der Waals surface area contributed by atoms with Crippen LogP contribution in [0.1, 0.15) is 25.7 Å². The summed E-state index contributed by atoms with van der Waals surface area (Å²) in [6.45, 7) is 0.743. The highest BCUT2D eigenvalue weighted by molar-refractivity contribution is 7.17. The fourth-order valence-corrected chi connectivity index (χ4v) is 5.44. The Kier molecular flexibility index (Phi) is 7.59. The van der Waals surface area contributed by atoms with Gasteiger partial charge in [-0.05, 0) is 60.2 Å². The highest BCUT2D eigenvalue weighted by Gasteiger charge is 2.17. The lowest BCUT2D eigenvalue weighted by atomic mass is 10.1. The molecule has 41 heavy (non-hydrogen) atoms. The second-order valence-electron chi connectivity index (χ2n) is 9.36. The summed E-state index contributed by atoms with van der Waals surface area (Å²) in [6.07, 6.45) is 5.92. The molecule has 0 fully saturated rings. The van der Waals surface area contributed by atoms with Gasteiger partial charge in [0.05, 0.1) is 22.5 Å². The number of carbonyl (C=O) groups is 2. The third kappa shape index (κ3) is 6.05. The highest BCUT2D eigenvalue weighted by atomic mass is 32.1. The van der Waals surface area contributed by atoms with Gasteiger partial charge in [-0.15, -0.1) is 11.3 Å². The number of pyridine rings is 2. The van der Waals surface area contributed by atoms with E-state index in [0.29, 0.717) is 34.9 Å². The summed E-state index contributed by atoms with van der Waals surface area (Å²) in [7, 11) is 0. The SMILES string of the molecule is O=C(CNc1ccc2c(c1)nc(NC(=O)c1ccc(-c3ccncc3)s1)n2CCc1ccccn1)c1ccccc1. The Bertz CT molecular complexity index is 1800. The van der Waals surface area contributed by atoms with Crippen molar-refractivity contribution in [1.29, 1.82) is 0 Å². The molecule has 4 heterocycles. The number of amides is 1. The molecule has 6 aromatic rings. The lowest BCUT2D eigenvalue weighted by Gasteiger charge is -2.10. The standard InChI is InChI=1S/C32H26N6O2S/c39-28(22-6-2-1-3-7-22)21-35-25-9-10-27-26(20-25)36-32(38(27)19-15-24-8-4-5-16-34-24)37-31(40)30-12-11-29(41-30)23-13-17-33-18-14-23/h1-14,16-18,20,35H,15,19,21H2,(H,36,37,40). The van der Waals surface area contributed by atoms with Crippen LogP contribution in [-0.4, -0.2) is 37.8 Å². The molecule has 2 aromatic carbocycles.